The number of carboxylic acids is 1. The number of primary amides is 1. The highest BCUT2D eigenvalue weighted by atomic mass is 16.5. The predicted molar refractivity (Wildman–Crippen MR) is 90.0 cm³/mol. The first kappa shape index (κ1) is 17.6. The minimum absolute atomic E-state index is 0.0147. The molecule has 3 rings (SSSR count). The summed E-state index contributed by atoms with van der Waals surface area (Å²) in [6.45, 7) is 1.82. The number of hydrogen-bond donors (Lipinski definition) is 2. The van der Waals surface area contributed by atoms with Gasteiger partial charge >= 0.3 is 5.97 Å². The van der Waals surface area contributed by atoms with Crippen LogP contribution < -0.4 is 5.73 Å². The Bertz CT molecular complexity index is 848. The molecule has 1 fully saturated rings. The van der Waals surface area contributed by atoms with Crippen LogP contribution in [0.15, 0.2) is 36.4 Å². The van der Waals surface area contributed by atoms with E-state index in [4.69, 9.17) is 15.6 Å². The van der Waals surface area contributed by atoms with E-state index in [9.17, 15) is 14.4 Å². The van der Waals surface area contributed by atoms with Crippen LogP contribution in [-0.4, -0.2) is 62.9 Å². The summed E-state index contributed by atoms with van der Waals surface area (Å²) in [5.41, 5.74) is 6.07. The van der Waals surface area contributed by atoms with Crippen LogP contribution in [0.25, 0.3) is 5.69 Å². The second-order valence-electron chi connectivity index (χ2n) is 6.01. The van der Waals surface area contributed by atoms with E-state index in [2.05, 4.69) is 5.10 Å². The number of carbonyl (C=O) groups is 3. The number of carboxylic acid groups (broad SMARTS) is 1. The molecule has 0 saturated carbocycles. The zero-order valence-corrected chi connectivity index (χ0v) is 14.0. The van der Waals surface area contributed by atoms with Crippen molar-refractivity contribution in [3.05, 3.63) is 47.8 Å². The molecule has 0 aliphatic carbocycles. The van der Waals surface area contributed by atoms with Crippen LogP contribution in [0.5, 0.6) is 0 Å². The molecule has 2 heterocycles. The summed E-state index contributed by atoms with van der Waals surface area (Å²) in [7, 11) is 0. The van der Waals surface area contributed by atoms with Gasteiger partial charge in [-0.2, -0.15) is 5.10 Å². The fourth-order valence-electron chi connectivity index (χ4n) is 2.84. The van der Waals surface area contributed by atoms with Crippen LogP contribution >= 0.6 is 0 Å². The maximum Gasteiger partial charge on any atom is 0.334 e. The molecule has 9 heteroatoms. The number of ether oxygens (including phenoxy) is 1. The molecule has 136 valence electrons. The lowest BCUT2D eigenvalue weighted by atomic mass is 10.2. The van der Waals surface area contributed by atoms with Crippen molar-refractivity contribution < 1.29 is 24.2 Å². The van der Waals surface area contributed by atoms with Gasteiger partial charge < -0.3 is 20.5 Å². The van der Waals surface area contributed by atoms with Crippen molar-refractivity contribution >= 4 is 17.8 Å². The molecule has 1 aliphatic heterocycles. The van der Waals surface area contributed by atoms with Gasteiger partial charge in [-0.05, 0) is 19.1 Å². The second kappa shape index (κ2) is 6.96. The van der Waals surface area contributed by atoms with Crippen molar-refractivity contribution in [3.63, 3.8) is 0 Å². The number of nitrogens with two attached hydrogens (primary N) is 1. The molecule has 1 saturated heterocycles. The summed E-state index contributed by atoms with van der Waals surface area (Å²) in [6, 6.07) is 10.1. The van der Waals surface area contributed by atoms with Crippen LogP contribution in [0.2, 0.25) is 0 Å². The number of aliphatic carboxylic acids is 1. The molecule has 0 spiro atoms. The van der Waals surface area contributed by atoms with E-state index in [1.165, 1.54) is 15.6 Å². The smallest absolute Gasteiger partial charge is 0.334 e. The van der Waals surface area contributed by atoms with Gasteiger partial charge in [-0.1, -0.05) is 18.2 Å². The highest BCUT2D eigenvalue weighted by Gasteiger charge is 2.34. The predicted octanol–water partition coefficient (Wildman–Crippen LogP) is 0.285. The van der Waals surface area contributed by atoms with Crippen molar-refractivity contribution in [2.45, 2.75) is 19.1 Å². The Balaban J connectivity index is 1.93. The van der Waals surface area contributed by atoms with Gasteiger partial charge in [0, 0.05) is 12.6 Å². The third-order valence-corrected chi connectivity index (χ3v) is 4.00. The first-order chi connectivity index (χ1) is 12.4. The van der Waals surface area contributed by atoms with Crippen molar-refractivity contribution in [2.75, 3.05) is 13.1 Å². The number of benzene rings is 1. The molecule has 1 aromatic heterocycles. The molecule has 1 unspecified atom stereocenters. The lowest BCUT2D eigenvalue weighted by Gasteiger charge is -2.34. The minimum Gasteiger partial charge on any atom is -0.479 e. The van der Waals surface area contributed by atoms with E-state index in [1.807, 2.05) is 6.07 Å². The van der Waals surface area contributed by atoms with Gasteiger partial charge in [-0.25, -0.2) is 9.48 Å². The van der Waals surface area contributed by atoms with Gasteiger partial charge in [0.1, 0.15) is 5.69 Å². The van der Waals surface area contributed by atoms with Gasteiger partial charge in [0.05, 0.1) is 18.3 Å². The van der Waals surface area contributed by atoms with E-state index in [0.29, 0.717) is 5.69 Å². The van der Waals surface area contributed by atoms with Gasteiger partial charge in [-0.3, -0.25) is 9.59 Å². The number of hydrogen-bond acceptors (Lipinski definition) is 5. The van der Waals surface area contributed by atoms with Crippen LogP contribution in [0, 0.1) is 0 Å². The monoisotopic (exact) mass is 358 g/mol. The standard InChI is InChI=1S/C17H18N4O5/c1-10-8-20(9-14(26-10)17(24)25)16(23)12-7-13(15(18)22)21(19-12)11-5-3-2-4-6-11/h2-7,10,14H,8-9H2,1H3,(H2,18,22)(H,24,25)/t10-,14?/m1/s1. The topological polar surface area (TPSA) is 128 Å². The quantitative estimate of drug-likeness (QED) is 0.808. The Hall–Kier alpha value is -3.20. The Labute approximate surface area is 149 Å². The summed E-state index contributed by atoms with van der Waals surface area (Å²) in [6.07, 6.45) is -1.53. The largest absolute Gasteiger partial charge is 0.479 e. The van der Waals surface area contributed by atoms with Crippen molar-refractivity contribution in [2.24, 2.45) is 5.73 Å². The molecule has 26 heavy (non-hydrogen) atoms. The Morgan fingerprint density at radius 3 is 2.54 bits per heavy atom. The molecule has 1 aliphatic rings. The maximum atomic E-state index is 12.8. The fourth-order valence-corrected chi connectivity index (χ4v) is 2.84. The van der Waals surface area contributed by atoms with Gasteiger partial charge in [-0.15, -0.1) is 0 Å². The molecule has 0 bridgehead atoms. The summed E-state index contributed by atoms with van der Waals surface area (Å²) >= 11 is 0. The molecular formula is C17H18N4O5. The third kappa shape index (κ3) is 3.42. The molecule has 0 radical (unpaired) electrons. The number of aromatic nitrogens is 2. The Kier molecular flexibility index (Phi) is 4.72. The number of nitrogens with zero attached hydrogens (tertiary/aromatic N) is 3. The number of carbonyl (C=O) groups excluding carboxylic acids is 2. The summed E-state index contributed by atoms with van der Waals surface area (Å²) in [4.78, 5) is 37.1. The van der Waals surface area contributed by atoms with E-state index >= 15 is 0 Å². The lowest BCUT2D eigenvalue weighted by molar-refractivity contribution is -0.160. The van der Waals surface area contributed by atoms with E-state index in [1.54, 1.807) is 31.2 Å². The Morgan fingerprint density at radius 1 is 1.23 bits per heavy atom. The van der Waals surface area contributed by atoms with Crippen LogP contribution in [0.1, 0.15) is 27.9 Å². The first-order valence-corrected chi connectivity index (χ1v) is 7.99. The van der Waals surface area contributed by atoms with Gasteiger partial charge in [0.25, 0.3) is 11.8 Å². The summed E-state index contributed by atoms with van der Waals surface area (Å²) < 4.78 is 6.61. The first-order valence-electron chi connectivity index (χ1n) is 7.99. The van der Waals surface area contributed by atoms with E-state index in [0.717, 1.165) is 0 Å². The van der Waals surface area contributed by atoms with E-state index < -0.39 is 30.0 Å². The fraction of sp³-hybridized carbons (Fsp3) is 0.294. The zero-order valence-electron chi connectivity index (χ0n) is 14.0. The van der Waals surface area contributed by atoms with Crippen molar-refractivity contribution in [1.82, 2.24) is 14.7 Å². The van der Waals surface area contributed by atoms with Crippen molar-refractivity contribution in [1.29, 1.82) is 0 Å². The zero-order chi connectivity index (χ0) is 18.8. The average molecular weight is 358 g/mol. The molecule has 3 N–H and O–H groups in total. The molecular weight excluding hydrogens is 340 g/mol. The molecule has 1 aromatic carbocycles. The SMILES string of the molecule is C[C@@H]1CN(C(=O)c2cc(C(N)=O)n(-c3ccccc3)n2)CC(C(=O)O)O1. The maximum absolute atomic E-state index is 12.8. The average Bonchev–Trinajstić information content (AvgIpc) is 3.07. The van der Waals surface area contributed by atoms with Crippen LogP contribution in [-0.2, 0) is 9.53 Å². The Morgan fingerprint density at radius 2 is 1.92 bits per heavy atom. The normalized spacial score (nSPS) is 20.0. The van der Waals surface area contributed by atoms with Crippen LogP contribution in [0.3, 0.4) is 0 Å². The van der Waals surface area contributed by atoms with Crippen LogP contribution in [0.4, 0.5) is 0 Å². The molecule has 2 aromatic rings. The van der Waals surface area contributed by atoms with E-state index in [-0.39, 0.29) is 24.5 Å². The third-order valence-electron chi connectivity index (χ3n) is 4.00. The molecule has 9 nitrogen and oxygen atoms in total. The van der Waals surface area contributed by atoms with Gasteiger partial charge in [0.2, 0.25) is 0 Å². The molecule has 2 atom stereocenters. The number of rotatable bonds is 4. The summed E-state index contributed by atoms with van der Waals surface area (Å²) in [5.74, 6) is -2.34. The summed E-state index contributed by atoms with van der Waals surface area (Å²) in [5, 5.41) is 13.4. The number of para-hydroxylation sites is 1. The highest BCUT2D eigenvalue weighted by Crippen LogP contribution is 2.17. The highest BCUT2D eigenvalue weighted by molar-refractivity contribution is 5.98. The number of morpholine rings is 1. The lowest BCUT2D eigenvalue weighted by Crippen LogP contribution is -2.51. The molecule has 2 amide bonds. The van der Waals surface area contributed by atoms with Gasteiger partial charge in [0.15, 0.2) is 11.8 Å². The number of amides is 2. The van der Waals surface area contributed by atoms with Crippen molar-refractivity contribution in [3.8, 4) is 5.69 Å². The second-order valence-corrected chi connectivity index (χ2v) is 6.01. The minimum atomic E-state index is -1.14.